The van der Waals surface area contributed by atoms with Crippen LogP contribution in [0.15, 0.2) is 0 Å². The van der Waals surface area contributed by atoms with Gasteiger partial charge in [-0.15, -0.1) is 0 Å². The van der Waals surface area contributed by atoms with Crippen molar-refractivity contribution in [3.05, 3.63) is 0 Å². The average molecular weight is 290 g/mol. The summed E-state index contributed by atoms with van der Waals surface area (Å²) in [6.45, 7) is 3.38. The highest BCUT2D eigenvalue weighted by molar-refractivity contribution is 9.09. The van der Waals surface area contributed by atoms with Gasteiger partial charge in [0.05, 0.1) is 5.33 Å². The van der Waals surface area contributed by atoms with E-state index in [9.17, 15) is 9.59 Å². The van der Waals surface area contributed by atoms with E-state index in [1.165, 1.54) is 19.3 Å². The van der Waals surface area contributed by atoms with E-state index in [4.69, 9.17) is 0 Å². The molecular weight excluding hydrogens is 270 g/mol. The Morgan fingerprint density at radius 3 is 2.31 bits per heavy atom. The van der Waals surface area contributed by atoms with E-state index in [0.29, 0.717) is 0 Å². The molecule has 1 aliphatic rings. The molecule has 1 amide bonds. The van der Waals surface area contributed by atoms with Crippen LogP contribution in [0.3, 0.4) is 0 Å². The summed E-state index contributed by atoms with van der Waals surface area (Å²) in [5.74, 6) is -0.204. The molecule has 0 aromatic heterocycles. The van der Waals surface area contributed by atoms with Crippen LogP contribution < -0.4 is 5.32 Å². The number of amides is 1. The lowest BCUT2D eigenvalue weighted by Gasteiger charge is -2.28. The minimum Gasteiger partial charge on any atom is -0.353 e. The van der Waals surface area contributed by atoms with Gasteiger partial charge in [0.15, 0.2) is 5.78 Å². The van der Waals surface area contributed by atoms with Crippen LogP contribution >= 0.6 is 15.9 Å². The van der Waals surface area contributed by atoms with Crippen molar-refractivity contribution in [2.45, 2.75) is 52.0 Å². The highest BCUT2D eigenvalue weighted by Gasteiger charge is 2.35. The van der Waals surface area contributed by atoms with Crippen LogP contribution in [0.5, 0.6) is 0 Å². The summed E-state index contributed by atoms with van der Waals surface area (Å²) in [5, 5.41) is 3.23. The van der Waals surface area contributed by atoms with Crippen molar-refractivity contribution >= 4 is 27.6 Å². The number of halogens is 1. The van der Waals surface area contributed by atoms with Crippen LogP contribution in [0.1, 0.15) is 46.0 Å². The van der Waals surface area contributed by atoms with E-state index in [1.54, 1.807) is 13.8 Å². The number of rotatable bonds is 4. The van der Waals surface area contributed by atoms with Gasteiger partial charge in [0.1, 0.15) is 5.41 Å². The van der Waals surface area contributed by atoms with E-state index in [1.807, 2.05) is 0 Å². The van der Waals surface area contributed by atoms with E-state index in [2.05, 4.69) is 21.2 Å². The van der Waals surface area contributed by atoms with Gasteiger partial charge >= 0.3 is 0 Å². The maximum atomic E-state index is 12.0. The van der Waals surface area contributed by atoms with Gasteiger partial charge in [-0.2, -0.15) is 0 Å². The first-order valence-corrected chi connectivity index (χ1v) is 7.01. The van der Waals surface area contributed by atoms with Crippen LogP contribution in [0.25, 0.3) is 0 Å². The smallest absolute Gasteiger partial charge is 0.233 e. The molecule has 0 heterocycles. The van der Waals surface area contributed by atoms with Crippen molar-refractivity contribution in [3.8, 4) is 0 Å². The SMILES string of the molecule is CC(C)(C(=O)CBr)C(=O)NC1CCCCC1. The molecule has 1 aliphatic carbocycles. The van der Waals surface area contributed by atoms with Crippen LogP contribution in [-0.2, 0) is 9.59 Å². The van der Waals surface area contributed by atoms with Gasteiger partial charge in [-0.3, -0.25) is 9.59 Å². The zero-order chi connectivity index (χ0) is 12.2. The van der Waals surface area contributed by atoms with E-state index in [0.717, 1.165) is 12.8 Å². The number of hydrogen-bond acceptors (Lipinski definition) is 2. The van der Waals surface area contributed by atoms with Crippen molar-refractivity contribution in [1.29, 1.82) is 0 Å². The zero-order valence-electron chi connectivity index (χ0n) is 10.0. The minimum atomic E-state index is -0.916. The molecule has 0 aliphatic heterocycles. The Balaban J connectivity index is 2.53. The summed E-state index contributed by atoms with van der Waals surface area (Å²) in [6.07, 6.45) is 5.71. The molecule has 0 bridgehead atoms. The number of nitrogens with one attached hydrogen (secondary N) is 1. The van der Waals surface area contributed by atoms with Crippen molar-refractivity contribution in [2.75, 3.05) is 5.33 Å². The molecule has 1 N–H and O–H groups in total. The molecule has 0 aromatic carbocycles. The van der Waals surface area contributed by atoms with Crippen LogP contribution in [0.4, 0.5) is 0 Å². The Morgan fingerprint density at radius 1 is 1.25 bits per heavy atom. The first kappa shape index (κ1) is 13.7. The topological polar surface area (TPSA) is 46.2 Å². The van der Waals surface area contributed by atoms with Crippen molar-refractivity contribution in [3.63, 3.8) is 0 Å². The number of hydrogen-bond donors (Lipinski definition) is 1. The lowest BCUT2D eigenvalue weighted by Crippen LogP contribution is -2.47. The molecule has 1 saturated carbocycles. The molecule has 0 aromatic rings. The van der Waals surface area contributed by atoms with Crippen molar-refractivity contribution in [1.82, 2.24) is 5.32 Å². The fourth-order valence-electron chi connectivity index (χ4n) is 1.91. The molecule has 1 rings (SSSR count). The van der Waals surface area contributed by atoms with Gasteiger partial charge in [0.2, 0.25) is 5.91 Å². The molecule has 1 fully saturated rings. The molecule has 3 nitrogen and oxygen atoms in total. The standard InChI is InChI=1S/C12H20BrNO2/c1-12(2,10(15)8-13)11(16)14-9-6-4-3-5-7-9/h9H,3-8H2,1-2H3,(H,14,16). The Hall–Kier alpha value is -0.380. The van der Waals surface area contributed by atoms with Gasteiger partial charge in [0, 0.05) is 6.04 Å². The van der Waals surface area contributed by atoms with Gasteiger partial charge in [-0.25, -0.2) is 0 Å². The number of ketones is 1. The van der Waals surface area contributed by atoms with E-state index in [-0.39, 0.29) is 23.1 Å². The molecule has 92 valence electrons. The summed E-state index contributed by atoms with van der Waals surface area (Å²) in [5.41, 5.74) is -0.916. The van der Waals surface area contributed by atoms with Crippen LogP contribution in [0, 0.1) is 5.41 Å². The molecule has 0 unspecified atom stereocenters. The van der Waals surface area contributed by atoms with Crippen LogP contribution in [0.2, 0.25) is 0 Å². The molecular formula is C12H20BrNO2. The van der Waals surface area contributed by atoms with E-state index >= 15 is 0 Å². The molecule has 16 heavy (non-hydrogen) atoms. The highest BCUT2D eigenvalue weighted by Crippen LogP contribution is 2.22. The van der Waals surface area contributed by atoms with Crippen LogP contribution in [-0.4, -0.2) is 23.1 Å². The first-order valence-electron chi connectivity index (χ1n) is 5.88. The molecule has 4 heteroatoms. The highest BCUT2D eigenvalue weighted by atomic mass is 79.9. The van der Waals surface area contributed by atoms with E-state index < -0.39 is 5.41 Å². The Morgan fingerprint density at radius 2 is 1.81 bits per heavy atom. The third-order valence-electron chi connectivity index (χ3n) is 3.33. The Bertz CT molecular complexity index is 270. The predicted octanol–water partition coefficient (Wildman–Crippen LogP) is 2.43. The number of carbonyl (C=O) groups is 2. The Labute approximate surface area is 105 Å². The fraction of sp³-hybridized carbons (Fsp3) is 0.833. The third-order valence-corrected chi connectivity index (χ3v) is 3.84. The van der Waals surface area contributed by atoms with Gasteiger partial charge in [-0.1, -0.05) is 35.2 Å². The van der Waals surface area contributed by atoms with Gasteiger partial charge in [0.25, 0.3) is 0 Å². The maximum absolute atomic E-state index is 12.0. The zero-order valence-corrected chi connectivity index (χ0v) is 11.6. The summed E-state index contributed by atoms with van der Waals surface area (Å²) in [4.78, 5) is 23.6. The second-order valence-corrected chi connectivity index (χ2v) is 5.55. The van der Waals surface area contributed by atoms with Gasteiger partial charge < -0.3 is 5.32 Å². The molecule has 0 spiro atoms. The molecule has 0 radical (unpaired) electrons. The summed E-state index contributed by atoms with van der Waals surface area (Å²) in [6, 6.07) is 0.267. The predicted molar refractivity (Wildman–Crippen MR) is 67.6 cm³/mol. The first-order chi connectivity index (χ1) is 7.48. The lowest BCUT2D eigenvalue weighted by molar-refractivity contribution is -0.139. The number of alkyl halides is 1. The summed E-state index contributed by atoms with van der Waals surface area (Å²) >= 11 is 3.11. The lowest BCUT2D eigenvalue weighted by atomic mass is 9.86. The second-order valence-electron chi connectivity index (χ2n) is 4.99. The van der Waals surface area contributed by atoms with Crippen molar-refractivity contribution in [2.24, 2.45) is 5.41 Å². The second kappa shape index (κ2) is 5.80. The number of carbonyl (C=O) groups excluding carboxylic acids is 2. The summed E-state index contributed by atoms with van der Waals surface area (Å²) < 4.78 is 0. The van der Waals surface area contributed by atoms with Crippen molar-refractivity contribution < 1.29 is 9.59 Å². The normalized spacial score (nSPS) is 18.2. The quantitative estimate of drug-likeness (QED) is 0.638. The Kier molecular flexibility index (Phi) is 4.96. The maximum Gasteiger partial charge on any atom is 0.233 e. The largest absolute Gasteiger partial charge is 0.353 e. The number of Topliss-reactive ketones (excluding diaryl/α,β-unsaturated/α-hetero) is 1. The minimum absolute atomic E-state index is 0.0687. The molecule has 0 saturated heterocycles. The summed E-state index contributed by atoms with van der Waals surface area (Å²) in [7, 11) is 0. The third kappa shape index (κ3) is 3.30. The monoisotopic (exact) mass is 289 g/mol. The average Bonchev–Trinajstić information content (AvgIpc) is 2.29. The van der Waals surface area contributed by atoms with Gasteiger partial charge in [-0.05, 0) is 26.7 Å². The fourth-order valence-corrected chi connectivity index (χ4v) is 2.61. The molecule has 0 atom stereocenters.